The van der Waals surface area contributed by atoms with Crippen LogP contribution in [-0.4, -0.2) is 26.2 Å². The first-order valence-electron chi connectivity index (χ1n) is 24.5. The summed E-state index contributed by atoms with van der Waals surface area (Å²) in [7, 11) is 0. The molecule has 0 aliphatic rings. The van der Waals surface area contributed by atoms with Crippen LogP contribution in [0, 0.1) is 0 Å². The van der Waals surface area contributed by atoms with Crippen LogP contribution in [-0.2, 0) is 0 Å². The fourth-order valence-electron chi connectivity index (χ4n) is 8.14. The Kier molecular flexibility index (Phi) is 41.0. The van der Waals surface area contributed by atoms with E-state index in [4.69, 9.17) is 11.2 Å². The van der Waals surface area contributed by atoms with E-state index in [1.54, 1.807) is 0 Å². The van der Waals surface area contributed by atoms with E-state index < -0.39 is 5.96 Å². The summed E-state index contributed by atoms with van der Waals surface area (Å²) in [6.07, 6.45) is 66.2. The predicted molar refractivity (Wildman–Crippen MR) is 244 cm³/mol. The Morgan fingerprint density at radius 3 is 0.451 bits per heavy atom. The van der Waals surface area contributed by atoms with Crippen molar-refractivity contribution in [1.29, 1.82) is 0 Å². The first-order chi connectivity index (χ1) is 24.8. The van der Waals surface area contributed by atoms with Gasteiger partial charge in [-0.15, -0.1) is 0 Å². The minimum absolute atomic E-state index is 1.26. The zero-order chi connectivity index (χ0) is 37.3. The molecule has 0 aromatic rings. The van der Waals surface area contributed by atoms with Crippen molar-refractivity contribution in [1.82, 2.24) is 0 Å². The Balaban J connectivity index is 3.07. The quantitative estimate of drug-likeness (QED) is 0.0429. The molecule has 51 heavy (non-hydrogen) atoms. The van der Waals surface area contributed by atoms with Crippen molar-refractivity contribution < 1.29 is 0 Å². The van der Waals surface area contributed by atoms with Crippen molar-refractivity contribution in [2.75, 3.05) is 26.2 Å². The Morgan fingerprint density at radius 1 is 0.216 bits per heavy atom. The van der Waals surface area contributed by atoms with Gasteiger partial charge in [0.25, 0.3) is 0 Å². The molecule has 310 valence electrons. The summed E-state index contributed by atoms with van der Waals surface area (Å²) in [5.41, 5.74) is 0. The van der Waals surface area contributed by atoms with E-state index in [2.05, 4.69) is 26.9 Å². The molecule has 0 N–H and O–H groups in total. The number of hydrogen-bond donors (Lipinski definition) is 0. The fourth-order valence-corrected chi connectivity index (χ4v) is 9.79. The molecule has 0 atom stereocenters. The van der Waals surface area contributed by atoms with Gasteiger partial charge in [0.1, 0.15) is 0 Å². The van der Waals surface area contributed by atoms with Gasteiger partial charge in [-0.1, -0.05) is 219 Å². The van der Waals surface area contributed by atoms with Crippen LogP contribution in [0.25, 0.3) is 0 Å². The number of unbranched alkanes of at least 4 members (excludes halogenated alkanes) is 43. The summed E-state index contributed by atoms with van der Waals surface area (Å²) >= 11 is 6.66. The molecule has 2 heteroatoms. The molecule has 0 unspecified atom stereocenters. The van der Waals surface area contributed by atoms with Crippen molar-refractivity contribution in [3.05, 3.63) is 0 Å². The number of rotatable bonds is 45. The molecule has 0 aliphatic carbocycles. The second-order valence-electron chi connectivity index (χ2n) is 18.8. The van der Waals surface area contributed by atoms with E-state index >= 15 is 0 Å². The fraction of sp³-hybridized carbons (Fsp3) is 1.00. The van der Waals surface area contributed by atoms with Gasteiger partial charge in [0.2, 0.25) is 0 Å². The third-order valence-corrected chi connectivity index (χ3v) is 14.1. The third-order valence-electron chi connectivity index (χ3n) is 11.8. The van der Waals surface area contributed by atoms with Gasteiger partial charge in [-0.05, 0) is 0 Å². The van der Waals surface area contributed by atoms with Gasteiger partial charge in [0.15, 0.2) is 0 Å². The SMILES string of the molecule is CCCCCCCCCCCCCCCCCCCCCCCCCCCCCCCCCCCCCCCCCCCCCCP(C)(C)(C)Cl. The monoisotopic (exact) mass is 757 g/mol. The van der Waals surface area contributed by atoms with E-state index in [0.717, 1.165) is 0 Å². The van der Waals surface area contributed by atoms with Gasteiger partial charge in [-0.25, -0.2) is 0 Å². The van der Waals surface area contributed by atoms with Crippen LogP contribution in [0.15, 0.2) is 0 Å². The molecule has 0 nitrogen and oxygen atoms in total. The van der Waals surface area contributed by atoms with E-state index in [1.165, 1.54) is 289 Å². The number of halogens is 1. The molecule has 0 heterocycles. The van der Waals surface area contributed by atoms with Crippen molar-refractivity contribution in [2.45, 2.75) is 289 Å². The Morgan fingerprint density at radius 2 is 0.333 bits per heavy atom. The van der Waals surface area contributed by atoms with Crippen molar-refractivity contribution >= 4 is 17.2 Å². The van der Waals surface area contributed by atoms with Gasteiger partial charge < -0.3 is 0 Å². The Labute approximate surface area is 331 Å². The van der Waals surface area contributed by atoms with Crippen molar-refractivity contribution in [3.63, 3.8) is 0 Å². The van der Waals surface area contributed by atoms with E-state index in [-0.39, 0.29) is 0 Å². The Bertz CT molecular complexity index is 627. The topological polar surface area (TPSA) is 0 Å². The normalized spacial score (nSPS) is 12.8. The molecular weight excluding hydrogens is 655 g/mol. The molecule has 0 bridgehead atoms. The third kappa shape index (κ3) is 50.7. The molecule has 0 radical (unpaired) electrons. The van der Waals surface area contributed by atoms with Crippen molar-refractivity contribution in [2.24, 2.45) is 0 Å². The Hall–Kier alpha value is 0.720. The van der Waals surface area contributed by atoms with Crippen LogP contribution < -0.4 is 0 Å². The second-order valence-corrected chi connectivity index (χ2v) is 28.9. The van der Waals surface area contributed by atoms with Gasteiger partial charge in [0.05, 0.1) is 0 Å². The number of hydrogen-bond acceptors (Lipinski definition) is 0. The molecule has 0 amide bonds. The van der Waals surface area contributed by atoms with Crippen LogP contribution in [0.4, 0.5) is 0 Å². The van der Waals surface area contributed by atoms with Crippen LogP contribution in [0.2, 0.25) is 0 Å². The first kappa shape index (κ1) is 51.7. The molecule has 0 aromatic carbocycles. The predicted octanol–water partition coefficient (Wildman–Crippen LogP) is 19.8. The summed E-state index contributed by atoms with van der Waals surface area (Å²) < 4.78 is 0. The molecule has 0 rings (SSSR count). The zero-order valence-electron chi connectivity index (χ0n) is 36.6. The molecule has 0 aliphatic heterocycles. The van der Waals surface area contributed by atoms with Gasteiger partial charge in [-0.3, -0.25) is 0 Å². The standard InChI is InChI=1S/C49H102ClP/c1-5-6-7-8-9-10-11-12-13-14-15-16-17-18-19-20-21-22-23-24-25-26-27-28-29-30-31-32-33-34-35-36-37-38-39-40-41-42-43-44-45-46-47-48-49-51(2,3,4)50/h5-49H2,1-4H3. The van der Waals surface area contributed by atoms with Gasteiger partial charge in [-0.2, -0.15) is 0 Å². The minimum atomic E-state index is -1.77. The van der Waals surface area contributed by atoms with Crippen LogP contribution in [0.5, 0.6) is 0 Å². The van der Waals surface area contributed by atoms with Gasteiger partial charge in [0, 0.05) is 0 Å². The second kappa shape index (κ2) is 40.4. The average Bonchev–Trinajstić information content (AvgIpc) is 3.09. The van der Waals surface area contributed by atoms with E-state index in [0.29, 0.717) is 0 Å². The maximum absolute atomic E-state index is 6.66. The maximum atomic E-state index is 6.66. The van der Waals surface area contributed by atoms with E-state index in [1.807, 2.05) is 0 Å². The molecule has 0 aromatic heterocycles. The summed E-state index contributed by atoms with van der Waals surface area (Å²) in [6.45, 7) is 9.19. The molecule has 0 saturated carbocycles. The van der Waals surface area contributed by atoms with Crippen molar-refractivity contribution in [3.8, 4) is 0 Å². The summed E-state index contributed by atoms with van der Waals surface area (Å²) in [6, 6.07) is 0. The molecule has 0 saturated heterocycles. The molecular formula is C49H102ClP. The summed E-state index contributed by atoms with van der Waals surface area (Å²) in [4.78, 5) is 0. The van der Waals surface area contributed by atoms with Gasteiger partial charge >= 0.3 is 114 Å². The van der Waals surface area contributed by atoms with E-state index in [9.17, 15) is 0 Å². The molecule has 0 fully saturated rings. The summed E-state index contributed by atoms with van der Waals surface area (Å²) in [5, 5.41) is 0. The van der Waals surface area contributed by atoms with Crippen LogP contribution >= 0.6 is 17.2 Å². The average molecular weight is 758 g/mol. The zero-order valence-corrected chi connectivity index (χ0v) is 38.3. The van der Waals surface area contributed by atoms with Crippen LogP contribution in [0.3, 0.4) is 0 Å². The first-order valence-corrected chi connectivity index (χ1v) is 29.2. The van der Waals surface area contributed by atoms with Crippen LogP contribution in [0.1, 0.15) is 289 Å². The summed E-state index contributed by atoms with van der Waals surface area (Å²) in [5.74, 6) is -1.77. The molecule has 0 spiro atoms.